The Morgan fingerprint density at radius 1 is 1.47 bits per heavy atom. The molecule has 0 saturated carbocycles. The van der Waals surface area contributed by atoms with Gasteiger partial charge in [0, 0.05) is 32.4 Å². The Hall–Kier alpha value is -1.36. The zero-order chi connectivity index (χ0) is 12.3. The minimum Gasteiger partial charge on any atom is -0.357 e. The Balaban J connectivity index is 2.10. The van der Waals surface area contributed by atoms with Gasteiger partial charge < -0.3 is 15.1 Å². The van der Waals surface area contributed by atoms with Crippen LogP contribution in [-0.4, -0.2) is 55.1 Å². The zero-order valence-electron chi connectivity index (χ0n) is 10.8. The van der Waals surface area contributed by atoms with Crippen LogP contribution in [-0.2, 0) is 0 Å². The smallest absolute Gasteiger partial charge is 0.224 e. The average molecular weight is 235 g/mol. The van der Waals surface area contributed by atoms with Gasteiger partial charge in [0.25, 0.3) is 0 Å². The molecule has 1 aromatic rings. The summed E-state index contributed by atoms with van der Waals surface area (Å²) in [4.78, 5) is 13.3. The van der Waals surface area contributed by atoms with Crippen molar-refractivity contribution in [2.24, 2.45) is 0 Å². The molecule has 1 atom stereocenters. The lowest BCUT2D eigenvalue weighted by molar-refractivity contribution is 0.257. The van der Waals surface area contributed by atoms with Gasteiger partial charge in [0.1, 0.15) is 5.82 Å². The molecule has 1 N–H and O–H groups in total. The molecule has 0 spiro atoms. The number of nitrogens with zero attached hydrogens (tertiary/aromatic N) is 4. The highest BCUT2D eigenvalue weighted by Crippen LogP contribution is 2.20. The van der Waals surface area contributed by atoms with Crippen LogP contribution in [0.1, 0.15) is 12.8 Å². The van der Waals surface area contributed by atoms with Gasteiger partial charge in [0.05, 0.1) is 0 Å². The molecule has 17 heavy (non-hydrogen) atoms. The first-order valence-electron chi connectivity index (χ1n) is 6.13. The van der Waals surface area contributed by atoms with Gasteiger partial charge in [-0.05, 0) is 33.0 Å². The Morgan fingerprint density at radius 2 is 2.29 bits per heavy atom. The maximum atomic E-state index is 4.49. The second-order valence-electron chi connectivity index (χ2n) is 4.69. The molecule has 5 nitrogen and oxygen atoms in total. The molecule has 1 aliphatic heterocycles. The molecular weight excluding hydrogens is 214 g/mol. The molecule has 5 heteroatoms. The summed E-state index contributed by atoms with van der Waals surface area (Å²) >= 11 is 0. The summed E-state index contributed by atoms with van der Waals surface area (Å²) in [7, 11) is 6.14. The Morgan fingerprint density at radius 3 is 3.00 bits per heavy atom. The summed E-state index contributed by atoms with van der Waals surface area (Å²) in [5.41, 5.74) is 0. The van der Waals surface area contributed by atoms with E-state index in [4.69, 9.17) is 0 Å². The van der Waals surface area contributed by atoms with Crippen molar-refractivity contribution in [2.45, 2.75) is 18.9 Å². The summed E-state index contributed by atoms with van der Waals surface area (Å²) < 4.78 is 0. The highest BCUT2D eigenvalue weighted by molar-refractivity contribution is 5.42. The van der Waals surface area contributed by atoms with Crippen LogP contribution in [0.3, 0.4) is 0 Å². The van der Waals surface area contributed by atoms with Gasteiger partial charge in [-0.3, -0.25) is 0 Å². The fourth-order valence-corrected chi connectivity index (χ4v) is 2.23. The van der Waals surface area contributed by atoms with Crippen molar-refractivity contribution < 1.29 is 0 Å². The predicted molar refractivity (Wildman–Crippen MR) is 70.5 cm³/mol. The summed E-state index contributed by atoms with van der Waals surface area (Å²) in [6, 6.07) is 2.61. The number of likely N-dealkylation sites (N-methyl/N-ethyl adjacent to an activating group) is 1. The molecule has 0 aliphatic carbocycles. The Bertz CT molecular complexity index is 366. The fraction of sp³-hybridized carbons (Fsp3) is 0.667. The van der Waals surface area contributed by atoms with Crippen molar-refractivity contribution >= 4 is 11.8 Å². The van der Waals surface area contributed by atoms with Crippen LogP contribution in [0.25, 0.3) is 0 Å². The summed E-state index contributed by atoms with van der Waals surface area (Å²) in [6.07, 6.45) is 4.31. The van der Waals surface area contributed by atoms with Crippen LogP contribution < -0.4 is 10.2 Å². The van der Waals surface area contributed by atoms with Crippen LogP contribution in [0, 0.1) is 0 Å². The fourth-order valence-electron chi connectivity index (χ4n) is 2.23. The van der Waals surface area contributed by atoms with E-state index in [1.807, 2.05) is 19.3 Å². The van der Waals surface area contributed by atoms with Gasteiger partial charge >= 0.3 is 0 Å². The van der Waals surface area contributed by atoms with Gasteiger partial charge in [-0.1, -0.05) is 0 Å². The first-order valence-corrected chi connectivity index (χ1v) is 6.13. The van der Waals surface area contributed by atoms with E-state index in [2.05, 4.69) is 39.2 Å². The maximum absolute atomic E-state index is 4.49. The van der Waals surface area contributed by atoms with E-state index in [1.165, 1.54) is 12.8 Å². The van der Waals surface area contributed by atoms with E-state index >= 15 is 0 Å². The third-order valence-electron chi connectivity index (χ3n) is 3.32. The van der Waals surface area contributed by atoms with Crippen molar-refractivity contribution in [3.05, 3.63) is 12.3 Å². The largest absolute Gasteiger partial charge is 0.357 e. The van der Waals surface area contributed by atoms with E-state index in [0.29, 0.717) is 12.0 Å². The van der Waals surface area contributed by atoms with E-state index < -0.39 is 0 Å². The van der Waals surface area contributed by atoms with Gasteiger partial charge in [0.15, 0.2) is 0 Å². The molecule has 1 unspecified atom stereocenters. The standard InChI is InChI=1S/C12H21N5/c1-13-12-14-7-6-11(15-12)17-8-4-5-10(9-17)16(2)3/h6-7,10H,4-5,8-9H2,1-3H3,(H,13,14,15). The molecule has 94 valence electrons. The summed E-state index contributed by atoms with van der Waals surface area (Å²) in [5.74, 6) is 1.71. The lowest BCUT2D eigenvalue weighted by Gasteiger charge is -2.36. The SMILES string of the molecule is CNc1nccc(N2CCCC(N(C)C)C2)n1. The van der Waals surface area contributed by atoms with Crippen LogP contribution in [0.15, 0.2) is 12.3 Å². The van der Waals surface area contributed by atoms with Gasteiger partial charge in [0.2, 0.25) is 5.95 Å². The predicted octanol–water partition coefficient (Wildman–Crippen LogP) is 1.05. The van der Waals surface area contributed by atoms with Crippen molar-refractivity contribution in [1.29, 1.82) is 0 Å². The van der Waals surface area contributed by atoms with E-state index in [0.717, 1.165) is 18.9 Å². The van der Waals surface area contributed by atoms with Gasteiger partial charge in [-0.15, -0.1) is 0 Å². The van der Waals surface area contributed by atoms with Crippen molar-refractivity contribution in [3.8, 4) is 0 Å². The van der Waals surface area contributed by atoms with E-state index in [9.17, 15) is 0 Å². The molecular formula is C12H21N5. The monoisotopic (exact) mass is 235 g/mol. The van der Waals surface area contributed by atoms with Crippen LogP contribution in [0.2, 0.25) is 0 Å². The molecule has 0 bridgehead atoms. The number of hydrogen-bond donors (Lipinski definition) is 1. The normalized spacial score (nSPS) is 20.7. The quantitative estimate of drug-likeness (QED) is 0.848. The van der Waals surface area contributed by atoms with Crippen LogP contribution in [0.5, 0.6) is 0 Å². The molecule has 2 rings (SSSR count). The minimum atomic E-state index is 0.622. The number of piperidine rings is 1. The number of nitrogens with one attached hydrogen (secondary N) is 1. The lowest BCUT2D eigenvalue weighted by Crippen LogP contribution is -2.45. The van der Waals surface area contributed by atoms with Crippen LogP contribution >= 0.6 is 0 Å². The van der Waals surface area contributed by atoms with Crippen LogP contribution in [0.4, 0.5) is 11.8 Å². The molecule has 2 heterocycles. The molecule has 1 aromatic heterocycles. The van der Waals surface area contributed by atoms with Gasteiger partial charge in [-0.2, -0.15) is 4.98 Å². The third-order valence-corrected chi connectivity index (χ3v) is 3.32. The Kier molecular flexibility index (Phi) is 3.78. The molecule has 1 fully saturated rings. The molecule has 0 aromatic carbocycles. The second-order valence-corrected chi connectivity index (χ2v) is 4.69. The molecule has 0 amide bonds. The average Bonchev–Trinajstić information content (AvgIpc) is 2.39. The highest BCUT2D eigenvalue weighted by atomic mass is 15.3. The Labute approximate surface area is 103 Å². The van der Waals surface area contributed by atoms with Crippen molar-refractivity contribution in [2.75, 3.05) is 44.4 Å². The minimum absolute atomic E-state index is 0.622. The zero-order valence-corrected chi connectivity index (χ0v) is 10.8. The number of rotatable bonds is 3. The second kappa shape index (κ2) is 5.31. The van der Waals surface area contributed by atoms with E-state index in [1.54, 1.807) is 0 Å². The van der Waals surface area contributed by atoms with E-state index in [-0.39, 0.29) is 0 Å². The third kappa shape index (κ3) is 2.85. The molecule has 1 saturated heterocycles. The first kappa shape index (κ1) is 12.1. The number of anilines is 2. The maximum Gasteiger partial charge on any atom is 0.224 e. The highest BCUT2D eigenvalue weighted by Gasteiger charge is 2.22. The summed E-state index contributed by atoms with van der Waals surface area (Å²) in [5, 5.41) is 2.98. The first-order chi connectivity index (χ1) is 8.20. The van der Waals surface area contributed by atoms with Gasteiger partial charge in [-0.25, -0.2) is 4.98 Å². The van der Waals surface area contributed by atoms with Crippen molar-refractivity contribution in [1.82, 2.24) is 14.9 Å². The van der Waals surface area contributed by atoms with Crippen molar-refractivity contribution in [3.63, 3.8) is 0 Å². The molecule has 0 radical (unpaired) electrons. The lowest BCUT2D eigenvalue weighted by atomic mass is 10.1. The number of aromatic nitrogens is 2. The number of hydrogen-bond acceptors (Lipinski definition) is 5. The molecule has 1 aliphatic rings. The topological polar surface area (TPSA) is 44.3 Å². The summed E-state index contributed by atoms with van der Waals surface area (Å²) in [6.45, 7) is 2.14.